The maximum atomic E-state index is 16.8. The number of carbonyl (C=O) groups is 2. The fourth-order valence-electron chi connectivity index (χ4n) is 7.24. The Labute approximate surface area is 161 Å². The van der Waals surface area contributed by atoms with Gasteiger partial charge < -0.3 is 14.9 Å². The number of Topliss-reactive ketones (excluding diaryl/α,β-unsaturated/α-hetero) is 1. The molecule has 1 aliphatic heterocycles. The van der Waals surface area contributed by atoms with Gasteiger partial charge in [0.2, 0.25) is 0 Å². The average molecular weight is 394 g/mol. The van der Waals surface area contributed by atoms with E-state index in [0.29, 0.717) is 6.42 Å². The molecule has 152 valence electrons. The molecule has 5 rings (SSSR count). The van der Waals surface area contributed by atoms with Gasteiger partial charge in [0.15, 0.2) is 22.8 Å². The number of hydrogen-bond donors (Lipinski definition) is 2. The van der Waals surface area contributed by atoms with Crippen molar-refractivity contribution in [3.63, 3.8) is 0 Å². The number of allylic oxidation sites excluding steroid dienone is 4. The maximum Gasteiger partial charge on any atom is 0.193 e. The van der Waals surface area contributed by atoms with Gasteiger partial charge in [-0.3, -0.25) is 9.59 Å². The summed E-state index contributed by atoms with van der Waals surface area (Å²) >= 11 is 0. The fraction of sp³-hybridized carbons (Fsp3) is 0.714. The Morgan fingerprint density at radius 1 is 1.36 bits per heavy atom. The first-order valence-corrected chi connectivity index (χ1v) is 9.89. The van der Waals surface area contributed by atoms with Gasteiger partial charge in [0, 0.05) is 17.8 Å². The van der Waals surface area contributed by atoms with Crippen LogP contribution in [-0.2, 0) is 14.3 Å². The molecule has 2 N–H and O–H groups in total. The van der Waals surface area contributed by atoms with Crippen LogP contribution >= 0.6 is 0 Å². The summed E-state index contributed by atoms with van der Waals surface area (Å²) in [6.45, 7) is 2.69. The summed E-state index contributed by atoms with van der Waals surface area (Å²) in [6.07, 6.45) is 1.02. The molecule has 5 aliphatic rings. The Morgan fingerprint density at radius 2 is 2.07 bits per heavy atom. The number of aliphatic hydroxyl groups excluding tert-OH is 2. The number of fused-ring (bicyclic) bond motifs is 4. The third-order valence-electron chi connectivity index (χ3n) is 8.47. The third-order valence-corrected chi connectivity index (χ3v) is 8.47. The molecule has 0 aromatic rings. The number of rotatable bonds is 2. The molecule has 0 aromatic carbocycles. The zero-order valence-electron chi connectivity index (χ0n) is 15.8. The maximum absolute atomic E-state index is 16.8. The SMILES string of the molecule is C[C@@H]1C[C@H]2[C@@H]3C[C@H](F)C4=CC(=O)C=C[C@]4(C)[C@@]3(F)[C@@H](O)C[C@@]23O[C@]13C(=O)CO. The number of epoxide rings is 1. The Kier molecular flexibility index (Phi) is 3.44. The van der Waals surface area contributed by atoms with E-state index >= 15 is 8.78 Å². The standard InChI is InChI=1S/C21H24F2O5/c1-10-5-12-13-7-15(22)14-6-11(25)3-4-18(14,2)20(13,23)16(26)8-19(12)21(10,28-19)17(27)9-24/h3-4,6,10,12-13,15-16,24,26H,5,7-9H2,1-2H3/t10-,12+,13+,15+,16+,18+,19-,20+,21+/m1/s1. The molecule has 7 heteroatoms. The van der Waals surface area contributed by atoms with Crippen LogP contribution < -0.4 is 0 Å². The highest BCUT2D eigenvalue weighted by Crippen LogP contribution is 2.76. The number of aliphatic hydroxyl groups is 2. The first kappa shape index (κ1) is 18.6. The molecule has 0 bridgehead atoms. The molecule has 5 nitrogen and oxygen atoms in total. The molecule has 0 unspecified atom stereocenters. The van der Waals surface area contributed by atoms with Crippen LogP contribution in [0, 0.1) is 23.2 Å². The zero-order valence-corrected chi connectivity index (χ0v) is 15.8. The number of hydrogen-bond acceptors (Lipinski definition) is 5. The summed E-state index contributed by atoms with van der Waals surface area (Å²) < 4.78 is 37.9. The second kappa shape index (κ2) is 5.18. The van der Waals surface area contributed by atoms with Gasteiger partial charge >= 0.3 is 0 Å². The van der Waals surface area contributed by atoms with Crippen LogP contribution in [0.5, 0.6) is 0 Å². The molecule has 0 amide bonds. The van der Waals surface area contributed by atoms with Gasteiger partial charge in [0.1, 0.15) is 18.4 Å². The van der Waals surface area contributed by atoms with Crippen molar-refractivity contribution in [2.45, 2.75) is 62.3 Å². The number of alkyl halides is 2. The van der Waals surface area contributed by atoms with Crippen molar-refractivity contribution in [3.05, 3.63) is 23.8 Å². The van der Waals surface area contributed by atoms with Crippen molar-refractivity contribution in [3.8, 4) is 0 Å². The first-order valence-electron chi connectivity index (χ1n) is 9.89. The van der Waals surface area contributed by atoms with Crippen LogP contribution in [0.25, 0.3) is 0 Å². The zero-order chi connectivity index (χ0) is 20.3. The second-order valence-electron chi connectivity index (χ2n) is 9.39. The Bertz CT molecular complexity index is 854. The molecule has 1 heterocycles. The van der Waals surface area contributed by atoms with E-state index in [9.17, 15) is 19.8 Å². The van der Waals surface area contributed by atoms with Gasteiger partial charge in [-0.25, -0.2) is 8.78 Å². The molecule has 9 atom stereocenters. The molecular formula is C21H24F2O5. The van der Waals surface area contributed by atoms with Crippen LogP contribution in [-0.4, -0.2) is 57.5 Å². The lowest BCUT2D eigenvalue weighted by Crippen LogP contribution is -2.68. The van der Waals surface area contributed by atoms with Gasteiger partial charge in [-0.2, -0.15) is 0 Å². The van der Waals surface area contributed by atoms with Crippen molar-refractivity contribution in [2.75, 3.05) is 6.61 Å². The van der Waals surface area contributed by atoms with E-state index < -0.39 is 58.8 Å². The van der Waals surface area contributed by atoms with Crippen molar-refractivity contribution >= 4 is 11.6 Å². The van der Waals surface area contributed by atoms with Gasteiger partial charge in [0.05, 0.1) is 6.10 Å². The lowest BCUT2D eigenvalue weighted by Gasteiger charge is -2.59. The summed E-state index contributed by atoms with van der Waals surface area (Å²) in [5.41, 5.74) is -5.78. The van der Waals surface area contributed by atoms with E-state index in [0.717, 1.165) is 6.08 Å². The van der Waals surface area contributed by atoms with Crippen molar-refractivity contribution < 1.29 is 33.3 Å². The number of ketones is 2. The number of ether oxygens (including phenoxy) is 1. The monoisotopic (exact) mass is 394 g/mol. The molecule has 0 aromatic heterocycles. The lowest BCUT2D eigenvalue weighted by atomic mass is 9.47. The van der Waals surface area contributed by atoms with Crippen LogP contribution in [0.2, 0.25) is 0 Å². The van der Waals surface area contributed by atoms with Gasteiger partial charge in [-0.15, -0.1) is 0 Å². The number of halogens is 2. The predicted molar refractivity (Wildman–Crippen MR) is 93.7 cm³/mol. The minimum Gasteiger partial charge on any atom is -0.390 e. The topological polar surface area (TPSA) is 87.1 Å². The lowest BCUT2D eigenvalue weighted by molar-refractivity contribution is -0.187. The van der Waals surface area contributed by atoms with Crippen LogP contribution in [0.4, 0.5) is 8.78 Å². The average Bonchev–Trinajstić information content (AvgIpc) is 3.26. The Hall–Kier alpha value is -1.44. The van der Waals surface area contributed by atoms with Crippen molar-refractivity contribution in [2.24, 2.45) is 23.2 Å². The molecule has 3 saturated carbocycles. The van der Waals surface area contributed by atoms with E-state index in [1.807, 2.05) is 6.92 Å². The summed E-state index contributed by atoms with van der Waals surface area (Å²) in [6, 6.07) is 0. The molecule has 0 radical (unpaired) electrons. The first-order chi connectivity index (χ1) is 13.1. The Balaban J connectivity index is 1.63. The van der Waals surface area contributed by atoms with Gasteiger partial charge in [-0.1, -0.05) is 13.0 Å². The molecule has 4 fully saturated rings. The summed E-state index contributed by atoms with van der Waals surface area (Å²) in [7, 11) is 0. The normalized spacial score (nSPS) is 56.3. The van der Waals surface area contributed by atoms with Crippen molar-refractivity contribution in [1.29, 1.82) is 0 Å². The smallest absolute Gasteiger partial charge is 0.193 e. The van der Waals surface area contributed by atoms with E-state index in [1.165, 1.54) is 12.2 Å². The quantitative estimate of drug-likeness (QED) is 0.695. The molecule has 1 spiro atoms. The highest BCUT2D eigenvalue weighted by molar-refractivity contribution is 6.01. The van der Waals surface area contributed by atoms with Crippen molar-refractivity contribution in [1.82, 2.24) is 0 Å². The summed E-state index contributed by atoms with van der Waals surface area (Å²) in [5, 5.41) is 20.4. The highest BCUT2D eigenvalue weighted by atomic mass is 19.1. The van der Waals surface area contributed by atoms with E-state index in [1.54, 1.807) is 6.92 Å². The van der Waals surface area contributed by atoms with E-state index in [-0.39, 0.29) is 30.1 Å². The predicted octanol–water partition coefficient (Wildman–Crippen LogP) is 1.61. The van der Waals surface area contributed by atoms with E-state index in [2.05, 4.69) is 0 Å². The number of carbonyl (C=O) groups excluding carboxylic acids is 2. The minimum absolute atomic E-state index is 0.0780. The van der Waals surface area contributed by atoms with Crippen LogP contribution in [0.1, 0.15) is 33.1 Å². The van der Waals surface area contributed by atoms with Gasteiger partial charge in [-0.05, 0) is 49.3 Å². The second-order valence-corrected chi connectivity index (χ2v) is 9.39. The Morgan fingerprint density at radius 3 is 2.75 bits per heavy atom. The highest BCUT2D eigenvalue weighted by Gasteiger charge is 2.88. The fourth-order valence-corrected chi connectivity index (χ4v) is 7.24. The molecule has 1 saturated heterocycles. The largest absolute Gasteiger partial charge is 0.390 e. The summed E-state index contributed by atoms with van der Waals surface area (Å²) in [5.74, 6) is -2.38. The van der Waals surface area contributed by atoms with Crippen LogP contribution in [0.15, 0.2) is 23.8 Å². The summed E-state index contributed by atoms with van der Waals surface area (Å²) in [4.78, 5) is 24.3. The van der Waals surface area contributed by atoms with Crippen LogP contribution in [0.3, 0.4) is 0 Å². The van der Waals surface area contributed by atoms with Gasteiger partial charge in [0.25, 0.3) is 0 Å². The van der Waals surface area contributed by atoms with E-state index in [4.69, 9.17) is 4.74 Å². The third kappa shape index (κ3) is 1.70. The minimum atomic E-state index is -2.17. The molecule has 4 aliphatic carbocycles. The molecule has 28 heavy (non-hydrogen) atoms. The molecular weight excluding hydrogens is 370 g/mol.